The Morgan fingerprint density at radius 1 is 1.27 bits per heavy atom. The normalized spacial score (nSPS) is 15.5. The van der Waals surface area contributed by atoms with Crippen molar-refractivity contribution in [3.05, 3.63) is 54.4 Å². The lowest BCUT2D eigenvalue weighted by Gasteiger charge is -2.26. The van der Waals surface area contributed by atoms with Crippen molar-refractivity contribution in [1.29, 1.82) is 0 Å². The largest absolute Gasteiger partial charge is 0.555 e. The fraction of sp³-hybridized carbons (Fsp3) is 0.222. The van der Waals surface area contributed by atoms with Crippen LogP contribution in [0.15, 0.2) is 48.8 Å². The zero-order chi connectivity index (χ0) is 18.1. The Labute approximate surface area is 153 Å². The van der Waals surface area contributed by atoms with Crippen LogP contribution in [0.3, 0.4) is 0 Å². The van der Waals surface area contributed by atoms with Gasteiger partial charge in [-0.05, 0) is 43.5 Å². The Morgan fingerprint density at radius 2 is 2.12 bits per heavy atom. The zero-order valence-electron chi connectivity index (χ0n) is 13.8. The lowest BCUT2D eigenvalue weighted by atomic mass is 9.93. The summed E-state index contributed by atoms with van der Waals surface area (Å²) in [5, 5.41) is 3.02. The third kappa shape index (κ3) is 3.51. The summed E-state index contributed by atoms with van der Waals surface area (Å²) < 4.78 is 27.3. The summed E-state index contributed by atoms with van der Waals surface area (Å²) in [6.07, 6.45) is 6.80. The van der Waals surface area contributed by atoms with Crippen LogP contribution < -0.4 is 10.0 Å². The number of halogens is 1. The number of anilines is 1. The Morgan fingerprint density at radius 3 is 2.85 bits per heavy atom. The van der Waals surface area contributed by atoms with Crippen LogP contribution in [0.5, 0.6) is 0 Å². The van der Waals surface area contributed by atoms with E-state index >= 15 is 0 Å². The second-order valence-corrected chi connectivity index (χ2v) is 6.97. The van der Waals surface area contributed by atoms with Crippen molar-refractivity contribution in [2.24, 2.45) is 0 Å². The van der Waals surface area contributed by atoms with E-state index in [2.05, 4.69) is 15.0 Å². The van der Waals surface area contributed by atoms with Gasteiger partial charge in [-0.25, -0.2) is 4.98 Å². The van der Waals surface area contributed by atoms with Crippen LogP contribution in [0.4, 0.5) is 9.57 Å². The van der Waals surface area contributed by atoms with E-state index in [0.29, 0.717) is 22.6 Å². The van der Waals surface area contributed by atoms with Crippen molar-refractivity contribution >= 4 is 29.0 Å². The standard InChI is InChI=1S/C18H17FN4O2S/c19-26(25)22-15-6-1-3-12(9-15)16-11-23-10-13(7-8-17(23)21-16)18(24)20-14-4-2-5-14/h1,3,6-11,14,22H,2,4-5H2,(H,20,24). The summed E-state index contributed by atoms with van der Waals surface area (Å²) in [6, 6.07) is 10.7. The first kappa shape index (κ1) is 16.9. The van der Waals surface area contributed by atoms with Gasteiger partial charge in [0.05, 0.1) is 16.9 Å². The molecule has 4 rings (SSSR count). The van der Waals surface area contributed by atoms with Crippen molar-refractivity contribution in [3.63, 3.8) is 0 Å². The summed E-state index contributed by atoms with van der Waals surface area (Å²) in [5.74, 6) is -0.0801. The molecule has 2 heterocycles. The monoisotopic (exact) mass is 372 g/mol. The SMILES string of the molecule is O=C(NC1CCC1)c1ccc2nc(-c3cccc(N[S+]([O-])F)c3)cn2c1. The molecule has 0 bridgehead atoms. The molecular weight excluding hydrogens is 355 g/mol. The number of carbonyl (C=O) groups is 1. The van der Waals surface area contributed by atoms with E-state index in [1.165, 1.54) is 6.42 Å². The number of pyridine rings is 1. The molecule has 6 nitrogen and oxygen atoms in total. The average Bonchev–Trinajstić information content (AvgIpc) is 3.01. The third-order valence-corrected chi connectivity index (χ3v) is 4.91. The number of fused-ring (bicyclic) bond motifs is 1. The first-order valence-corrected chi connectivity index (χ1v) is 9.38. The molecule has 8 heteroatoms. The van der Waals surface area contributed by atoms with Gasteiger partial charge in [0.1, 0.15) is 5.65 Å². The minimum Gasteiger partial charge on any atom is -0.555 e. The number of hydrogen-bond acceptors (Lipinski definition) is 4. The van der Waals surface area contributed by atoms with E-state index in [-0.39, 0.29) is 11.9 Å². The molecule has 1 aliphatic rings. The maximum atomic E-state index is 12.6. The van der Waals surface area contributed by atoms with Gasteiger partial charge in [0, 0.05) is 27.9 Å². The third-order valence-electron chi connectivity index (χ3n) is 4.51. The van der Waals surface area contributed by atoms with Crippen molar-refractivity contribution < 1.29 is 13.2 Å². The maximum absolute atomic E-state index is 12.6. The molecule has 1 aliphatic carbocycles. The summed E-state index contributed by atoms with van der Waals surface area (Å²) in [4.78, 5) is 16.8. The van der Waals surface area contributed by atoms with Crippen LogP contribution in [0, 0.1) is 0 Å². The van der Waals surface area contributed by atoms with Crippen LogP contribution in [-0.4, -0.2) is 25.9 Å². The highest BCUT2D eigenvalue weighted by Crippen LogP contribution is 2.24. The number of benzene rings is 1. The highest BCUT2D eigenvalue weighted by atomic mass is 32.3. The van der Waals surface area contributed by atoms with Crippen LogP contribution in [-0.2, 0) is 11.7 Å². The Kier molecular flexibility index (Phi) is 4.52. The number of aromatic nitrogens is 2. The van der Waals surface area contributed by atoms with Gasteiger partial charge in [-0.3, -0.25) is 4.79 Å². The predicted octanol–water partition coefficient (Wildman–Crippen LogP) is 3.24. The second kappa shape index (κ2) is 6.97. The summed E-state index contributed by atoms with van der Waals surface area (Å²) >= 11 is -2.63. The highest BCUT2D eigenvalue weighted by Gasteiger charge is 2.20. The quantitative estimate of drug-likeness (QED) is 0.674. The molecule has 0 radical (unpaired) electrons. The maximum Gasteiger partial charge on any atom is 0.303 e. The topological polar surface area (TPSA) is 81.5 Å². The number of nitrogens with zero attached hydrogens (tertiary/aromatic N) is 2. The number of rotatable bonds is 5. The van der Waals surface area contributed by atoms with Crippen molar-refractivity contribution in [3.8, 4) is 11.3 Å². The Balaban J connectivity index is 1.60. The summed E-state index contributed by atoms with van der Waals surface area (Å²) in [5.41, 5.74) is 3.12. The number of carbonyl (C=O) groups excluding carboxylic acids is 1. The molecule has 26 heavy (non-hydrogen) atoms. The summed E-state index contributed by atoms with van der Waals surface area (Å²) in [7, 11) is 0. The highest BCUT2D eigenvalue weighted by molar-refractivity contribution is 7.87. The predicted molar refractivity (Wildman–Crippen MR) is 98.6 cm³/mol. The molecule has 3 aromatic rings. The molecule has 0 spiro atoms. The van der Waals surface area contributed by atoms with Gasteiger partial charge in [0.2, 0.25) is 0 Å². The number of hydrogen-bond donors (Lipinski definition) is 2. The van der Waals surface area contributed by atoms with Crippen LogP contribution in [0.2, 0.25) is 0 Å². The van der Waals surface area contributed by atoms with Crippen LogP contribution in [0.1, 0.15) is 29.6 Å². The minimum atomic E-state index is -2.63. The van der Waals surface area contributed by atoms with Crippen molar-refractivity contribution in [2.45, 2.75) is 25.3 Å². The minimum absolute atomic E-state index is 0.0801. The molecule has 134 valence electrons. The average molecular weight is 372 g/mol. The van der Waals surface area contributed by atoms with Gasteiger partial charge < -0.3 is 14.3 Å². The van der Waals surface area contributed by atoms with Gasteiger partial charge in [0.15, 0.2) is 0 Å². The van der Waals surface area contributed by atoms with E-state index in [4.69, 9.17) is 0 Å². The molecule has 1 saturated carbocycles. The zero-order valence-corrected chi connectivity index (χ0v) is 14.6. The van der Waals surface area contributed by atoms with Gasteiger partial charge in [-0.1, -0.05) is 12.1 Å². The van der Waals surface area contributed by atoms with E-state index in [1.54, 1.807) is 47.1 Å². The lowest BCUT2D eigenvalue weighted by molar-refractivity contribution is 0.0916. The van der Waals surface area contributed by atoms with E-state index in [1.807, 2.05) is 6.07 Å². The van der Waals surface area contributed by atoms with Crippen LogP contribution >= 0.6 is 0 Å². The second-order valence-electron chi connectivity index (χ2n) is 6.32. The molecule has 1 amide bonds. The smallest absolute Gasteiger partial charge is 0.303 e. The Hall–Kier alpha value is -2.58. The first-order chi connectivity index (χ1) is 12.6. The van der Waals surface area contributed by atoms with Crippen molar-refractivity contribution in [2.75, 3.05) is 4.72 Å². The van der Waals surface area contributed by atoms with Crippen LogP contribution in [0.25, 0.3) is 16.9 Å². The van der Waals surface area contributed by atoms with Gasteiger partial charge in [-0.2, -0.15) is 4.72 Å². The molecule has 0 aliphatic heterocycles. The molecule has 1 fully saturated rings. The van der Waals surface area contributed by atoms with E-state index in [0.717, 1.165) is 18.4 Å². The lowest BCUT2D eigenvalue weighted by Crippen LogP contribution is -2.39. The summed E-state index contributed by atoms with van der Waals surface area (Å²) in [6.45, 7) is 0. The Bertz CT molecular complexity index is 955. The van der Waals surface area contributed by atoms with Gasteiger partial charge in [-0.15, -0.1) is 0 Å². The van der Waals surface area contributed by atoms with E-state index < -0.39 is 11.7 Å². The number of nitrogens with one attached hydrogen (secondary N) is 2. The molecule has 1 atom stereocenters. The molecule has 1 aromatic carbocycles. The number of amides is 1. The molecular formula is C18H17FN4O2S. The van der Waals surface area contributed by atoms with Gasteiger partial charge >= 0.3 is 11.7 Å². The fourth-order valence-electron chi connectivity index (χ4n) is 2.92. The fourth-order valence-corrected chi connectivity index (χ4v) is 3.23. The van der Waals surface area contributed by atoms with Gasteiger partial charge in [0.25, 0.3) is 5.91 Å². The van der Waals surface area contributed by atoms with Crippen molar-refractivity contribution in [1.82, 2.24) is 14.7 Å². The van der Waals surface area contributed by atoms with E-state index in [9.17, 15) is 13.2 Å². The molecule has 2 N–H and O–H groups in total. The molecule has 2 aromatic heterocycles. The molecule has 1 unspecified atom stereocenters. The number of imidazole rings is 1. The first-order valence-electron chi connectivity index (χ1n) is 8.33. The molecule has 0 saturated heterocycles.